The predicted molar refractivity (Wildman–Crippen MR) is 104 cm³/mol. The van der Waals surface area contributed by atoms with Gasteiger partial charge in [-0.15, -0.1) is 0 Å². The number of para-hydroxylation sites is 2. The molecule has 0 saturated carbocycles. The Kier molecular flexibility index (Phi) is 5.40. The van der Waals surface area contributed by atoms with E-state index in [1.807, 2.05) is 42.7 Å². The second kappa shape index (κ2) is 7.90. The van der Waals surface area contributed by atoms with Crippen molar-refractivity contribution >= 4 is 23.2 Å². The Morgan fingerprint density at radius 2 is 2.11 bits per heavy atom. The van der Waals surface area contributed by atoms with Crippen LogP contribution in [0.5, 0.6) is 11.5 Å². The van der Waals surface area contributed by atoms with Gasteiger partial charge in [-0.3, -0.25) is 4.79 Å². The number of fused-ring (bicyclic) bond motifs is 1. The van der Waals surface area contributed by atoms with E-state index in [0.29, 0.717) is 11.3 Å². The molecule has 0 bridgehead atoms. The number of phenolic OH excluding ortho intramolecular Hbond substituents is 1. The normalized spacial score (nSPS) is 11.4. The van der Waals surface area contributed by atoms with Crippen LogP contribution < -0.4 is 10.2 Å². The highest BCUT2D eigenvalue weighted by Crippen LogP contribution is 2.25. The molecule has 0 aliphatic carbocycles. The lowest BCUT2D eigenvalue weighted by molar-refractivity contribution is -0.121. The molecule has 3 aromatic rings. The van der Waals surface area contributed by atoms with Gasteiger partial charge >= 0.3 is 0 Å². The summed E-state index contributed by atoms with van der Waals surface area (Å²) in [5.41, 5.74) is 5.02. The number of carbonyl (C=O) groups excluding carboxylic acids is 1. The van der Waals surface area contributed by atoms with Gasteiger partial charge in [-0.25, -0.2) is 10.4 Å². The van der Waals surface area contributed by atoms with Gasteiger partial charge in [0, 0.05) is 5.92 Å². The highest BCUT2D eigenvalue weighted by Gasteiger charge is 2.15. The van der Waals surface area contributed by atoms with Gasteiger partial charge in [0.25, 0.3) is 5.91 Å². The number of amides is 1. The lowest BCUT2D eigenvalue weighted by Crippen LogP contribution is -2.24. The third-order valence-corrected chi connectivity index (χ3v) is 4.11. The van der Waals surface area contributed by atoms with E-state index >= 15 is 0 Å². The highest BCUT2D eigenvalue weighted by atomic mass is 16.5. The first-order valence-electron chi connectivity index (χ1n) is 8.63. The lowest BCUT2D eigenvalue weighted by Gasteiger charge is -2.10. The van der Waals surface area contributed by atoms with Crippen molar-refractivity contribution in [2.75, 3.05) is 7.11 Å². The summed E-state index contributed by atoms with van der Waals surface area (Å²) in [7, 11) is 1.47. The zero-order chi connectivity index (χ0) is 19.4. The van der Waals surface area contributed by atoms with E-state index in [1.165, 1.54) is 19.4 Å². The smallest absolute Gasteiger partial charge is 0.260 e. The highest BCUT2D eigenvalue weighted by molar-refractivity contribution is 5.84. The Balaban J connectivity index is 1.73. The fourth-order valence-corrected chi connectivity index (χ4v) is 2.83. The molecule has 0 radical (unpaired) electrons. The molecule has 0 aliphatic heterocycles. The minimum Gasteiger partial charge on any atom is -0.504 e. The molecule has 2 N–H and O–H groups in total. The largest absolute Gasteiger partial charge is 0.504 e. The van der Waals surface area contributed by atoms with Crippen molar-refractivity contribution in [1.82, 2.24) is 15.0 Å². The molecule has 1 amide bonds. The molecule has 1 aromatic heterocycles. The van der Waals surface area contributed by atoms with E-state index in [2.05, 4.69) is 15.5 Å². The van der Waals surface area contributed by atoms with Crippen molar-refractivity contribution in [3.63, 3.8) is 0 Å². The quantitative estimate of drug-likeness (QED) is 0.518. The maximum absolute atomic E-state index is 12.4. The lowest BCUT2D eigenvalue weighted by atomic mass is 10.2. The first-order chi connectivity index (χ1) is 13.0. The maximum Gasteiger partial charge on any atom is 0.260 e. The summed E-state index contributed by atoms with van der Waals surface area (Å²) < 4.78 is 6.96. The van der Waals surface area contributed by atoms with E-state index in [-0.39, 0.29) is 24.1 Å². The Bertz CT molecular complexity index is 992. The van der Waals surface area contributed by atoms with Crippen molar-refractivity contribution in [3.05, 3.63) is 53.9 Å². The van der Waals surface area contributed by atoms with Gasteiger partial charge in [-0.2, -0.15) is 5.10 Å². The van der Waals surface area contributed by atoms with Crippen molar-refractivity contribution in [3.8, 4) is 11.5 Å². The Morgan fingerprint density at radius 3 is 2.85 bits per heavy atom. The number of nitrogens with zero attached hydrogens (tertiary/aromatic N) is 3. The molecular weight excluding hydrogens is 344 g/mol. The summed E-state index contributed by atoms with van der Waals surface area (Å²) in [6, 6.07) is 12.6. The number of aromatic nitrogens is 2. The average molecular weight is 366 g/mol. The number of ether oxygens (including phenoxy) is 1. The van der Waals surface area contributed by atoms with Crippen molar-refractivity contribution < 1.29 is 14.6 Å². The minimum atomic E-state index is -0.248. The number of hydrogen-bond acceptors (Lipinski definition) is 5. The number of phenols is 1. The van der Waals surface area contributed by atoms with E-state index in [0.717, 1.165) is 16.9 Å². The number of hydrazone groups is 1. The molecule has 2 aromatic carbocycles. The van der Waals surface area contributed by atoms with E-state index < -0.39 is 0 Å². The van der Waals surface area contributed by atoms with E-state index in [1.54, 1.807) is 12.1 Å². The number of methoxy groups -OCH3 is 1. The number of imidazole rings is 1. The Hall–Kier alpha value is -3.35. The first kappa shape index (κ1) is 18.4. The molecule has 0 fully saturated rings. The van der Waals surface area contributed by atoms with Gasteiger partial charge in [-0.05, 0) is 35.9 Å². The van der Waals surface area contributed by atoms with Gasteiger partial charge in [0.15, 0.2) is 11.5 Å². The van der Waals surface area contributed by atoms with E-state index in [4.69, 9.17) is 4.74 Å². The number of carbonyl (C=O) groups is 1. The molecule has 7 heteroatoms. The van der Waals surface area contributed by atoms with Crippen LogP contribution in [-0.2, 0) is 11.3 Å². The zero-order valence-electron chi connectivity index (χ0n) is 15.5. The van der Waals surface area contributed by atoms with Crippen molar-refractivity contribution in [2.45, 2.75) is 26.3 Å². The van der Waals surface area contributed by atoms with Crippen molar-refractivity contribution in [2.24, 2.45) is 5.10 Å². The number of benzene rings is 2. The number of rotatable bonds is 6. The first-order valence-corrected chi connectivity index (χ1v) is 8.63. The summed E-state index contributed by atoms with van der Waals surface area (Å²) in [6.07, 6.45) is 1.50. The van der Waals surface area contributed by atoms with Gasteiger partial charge in [0.1, 0.15) is 12.4 Å². The van der Waals surface area contributed by atoms with Crippen LogP contribution in [0.15, 0.2) is 47.6 Å². The summed E-state index contributed by atoms with van der Waals surface area (Å²) in [5, 5.41) is 13.6. The van der Waals surface area contributed by atoms with E-state index in [9.17, 15) is 9.90 Å². The predicted octanol–water partition coefficient (Wildman–Crippen LogP) is 3.02. The van der Waals surface area contributed by atoms with Crippen LogP contribution >= 0.6 is 0 Å². The van der Waals surface area contributed by atoms with Crippen molar-refractivity contribution in [1.29, 1.82) is 0 Å². The monoisotopic (exact) mass is 366 g/mol. The SMILES string of the molecule is COc1cc(/C=N/NC(=O)Cn2c(C(C)C)nc3ccccc32)ccc1O. The molecule has 7 nitrogen and oxygen atoms in total. The standard InChI is InChI=1S/C20H22N4O3/c1-13(2)20-22-15-6-4-5-7-16(15)24(20)12-19(26)23-21-11-14-8-9-17(25)18(10-14)27-3/h4-11,13,25H,12H2,1-3H3,(H,23,26)/b21-11+. The molecule has 0 atom stereocenters. The third-order valence-electron chi connectivity index (χ3n) is 4.11. The molecule has 27 heavy (non-hydrogen) atoms. The fraction of sp³-hybridized carbons (Fsp3) is 0.250. The number of nitrogens with one attached hydrogen (secondary N) is 1. The minimum absolute atomic E-state index is 0.0480. The second-order valence-corrected chi connectivity index (χ2v) is 6.42. The molecule has 1 heterocycles. The summed E-state index contributed by atoms with van der Waals surface area (Å²) in [4.78, 5) is 17.0. The molecular formula is C20H22N4O3. The topological polar surface area (TPSA) is 88.7 Å². The second-order valence-electron chi connectivity index (χ2n) is 6.42. The fourth-order valence-electron chi connectivity index (χ4n) is 2.83. The maximum atomic E-state index is 12.4. The van der Waals surface area contributed by atoms with Crippen LogP contribution in [0.1, 0.15) is 31.2 Å². The Morgan fingerprint density at radius 1 is 1.33 bits per heavy atom. The third kappa shape index (κ3) is 4.08. The number of aromatic hydroxyl groups is 1. The number of hydrogen-bond donors (Lipinski definition) is 2. The summed E-state index contributed by atoms with van der Waals surface area (Å²) >= 11 is 0. The molecule has 0 spiro atoms. The zero-order valence-corrected chi connectivity index (χ0v) is 15.5. The molecule has 140 valence electrons. The molecule has 0 saturated heterocycles. The average Bonchev–Trinajstić information content (AvgIpc) is 3.02. The van der Waals surface area contributed by atoms with Gasteiger partial charge < -0.3 is 14.4 Å². The van der Waals surface area contributed by atoms with Crippen LogP contribution in [-0.4, -0.2) is 33.9 Å². The van der Waals surface area contributed by atoms with Crippen LogP contribution in [0.25, 0.3) is 11.0 Å². The summed E-state index contributed by atoms with van der Waals surface area (Å²) in [5.74, 6) is 1.20. The molecule has 0 aliphatic rings. The van der Waals surface area contributed by atoms with Gasteiger partial charge in [0.05, 0.1) is 24.4 Å². The summed E-state index contributed by atoms with van der Waals surface area (Å²) in [6.45, 7) is 4.22. The molecule has 3 rings (SSSR count). The van der Waals surface area contributed by atoms with Gasteiger partial charge in [-0.1, -0.05) is 26.0 Å². The van der Waals surface area contributed by atoms with Crippen LogP contribution in [0, 0.1) is 0 Å². The van der Waals surface area contributed by atoms with Crippen LogP contribution in [0.2, 0.25) is 0 Å². The van der Waals surface area contributed by atoms with Crippen LogP contribution in [0.4, 0.5) is 0 Å². The molecule has 0 unspecified atom stereocenters. The van der Waals surface area contributed by atoms with Gasteiger partial charge in [0.2, 0.25) is 0 Å². The Labute approximate surface area is 157 Å². The van der Waals surface area contributed by atoms with Crippen LogP contribution in [0.3, 0.4) is 0 Å².